The van der Waals surface area contributed by atoms with Crippen LogP contribution in [0, 0.1) is 0 Å². The third-order valence-electron chi connectivity index (χ3n) is 4.41. The van der Waals surface area contributed by atoms with Crippen LogP contribution in [0.1, 0.15) is 13.3 Å². The fourth-order valence-corrected chi connectivity index (χ4v) is 4.75. The minimum Gasteiger partial charge on any atom is -0.497 e. The van der Waals surface area contributed by atoms with E-state index in [2.05, 4.69) is 10.3 Å². The van der Waals surface area contributed by atoms with Crippen LogP contribution in [-0.2, 0) is 14.8 Å². The number of methoxy groups -OCH3 is 1. The second kappa shape index (κ2) is 9.02. The molecular formula is C21H23N3O4S. The van der Waals surface area contributed by atoms with Crippen LogP contribution in [-0.4, -0.2) is 43.8 Å². The van der Waals surface area contributed by atoms with Gasteiger partial charge in [-0.15, -0.1) is 0 Å². The van der Waals surface area contributed by atoms with Gasteiger partial charge in [0.05, 0.1) is 18.6 Å². The van der Waals surface area contributed by atoms with E-state index in [1.54, 1.807) is 60.9 Å². The van der Waals surface area contributed by atoms with Gasteiger partial charge in [0.15, 0.2) is 0 Å². The van der Waals surface area contributed by atoms with E-state index in [0.29, 0.717) is 23.2 Å². The number of rotatable bonds is 8. The lowest BCUT2D eigenvalue weighted by molar-refractivity contribution is -0.116. The summed E-state index contributed by atoms with van der Waals surface area (Å²) in [5.41, 5.74) is 0.541. The van der Waals surface area contributed by atoms with Gasteiger partial charge in [-0.25, -0.2) is 8.42 Å². The van der Waals surface area contributed by atoms with E-state index in [9.17, 15) is 13.2 Å². The monoisotopic (exact) mass is 413 g/mol. The van der Waals surface area contributed by atoms with Gasteiger partial charge in [0.25, 0.3) is 0 Å². The number of nitrogens with one attached hydrogen (secondary N) is 1. The first-order chi connectivity index (χ1) is 14.0. The Morgan fingerprint density at radius 1 is 1.17 bits per heavy atom. The van der Waals surface area contributed by atoms with Crippen LogP contribution in [0.2, 0.25) is 0 Å². The molecule has 0 aliphatic heterocycles. The Morgan fingerprint density at radius 2 is 1.97 bits per heavy atom. The Labute approximate surface area is 170 Å². The van der Waals surface area contributed by atoms with Crippen LogP contribution < -0.4 is 10.1 Å². The van der Waals surface area contributed by atoms with E-state index in [0.717, 1.165) is 5.39 Å². The SMILES string of the molecule is CCCN(CC(=O)Nc1cccc(OC)c1)S(=O)(=O)c1cccc2cnccc12. The van der Waals surface area contributed by atoms with Gasteiger partial charge in [0.1, 0.15) is 5.75 Å². The van der Waals surface area contributed by atoms with Crippen molar-refractivity contribution in [2.24, 2.45) is 0 Å². The molecule has 0 unspecified atom stereocenters. The molecular weight excluding hydrogens is 390 g/mol. The Balaban J connectivity index is 1.87. The molecule has 1 heterocycles. The van der Waals surface area contributed by atoms with E-state index < -0.39 is 15.9 Å². The number of carbonyl (C=O) groups is 1. The van der Waals surface area contributed by atoms with E-state index in [-0.39, 0.29) is 18.0 Å². The van der Waals surface area contributed by atoms with Gasteiger partial charge >= 0.3 is 0 Å². The first-order valence-electron chi connectivity index (χ1n) is 9.22. The quantitative estimate of drug-likeness (QED) is 0.612. The molecule has 7 nitrogen and oxygen atoms in total. The second-order valence-electron chi connectivity index (χ2n) is 6.47. The van der Waals surface area contributed by atoms with Gasteiger partial charge in [-0.2, -0.15) is 4.31 Å². The van der Waals surface area contributed by atoms with Crippen LogP contribution in [0.3, 0.4) is 0 Å². The van der Waals surface area contributed by atoms with Crippen LogP contribution in [0.15, 0.2) is 65.8 Å². The summed E-state index contributed by atoms with van der Waals surface area (Å²) in [7, 11) is -2.33. The molecule has 1 N–H and O–H groups in total. The summed E-state index contributed by atoms with van der Waals surface area (Å²) in [6.45, 7) is 1.82. The lowest BCUT2D eigenvalue weighted by Gasteiger charge is -2.22. The summed E-state index contributed by atoms with van der Waals surface area (Å²) < 4.78 is 33.0. The van der Waals surface area contributed by atoms with Gasteiger partial charge in [-0.3, -0.25) is 9.78 Å². The molecule has 3 aromatic rings. The summed E-state index contributed by atoms with van der Waals surface area (Å²) in [5.74, 6) is 0.183. The van der Waals surface area contributed by atoms with Crippen molar-refractivity contribution >= 4 is 32.4 Å². The number of hydrogen-bond acceptors (Lipinski definition) is 5. The Bertz CT molecular complexity index is 1110. The number of anilines is 1. The summed E-state index contributed by atoms with van der Waals surface area (Å²) in [5, 5.41) is 4.04. The topological polar surface area (TPSA) is 88.6 Å². The number of aromatic nitrogens is 1. The molecule has 0 saturated carbocycles. The number of hydrogen-bond donors (Lipinski definition) is 1. The largest absolute Gasteiger partial charge is 0.497 e. The molecule has 0 saturated heterocycles. The number of carbonyl (C=O) groups excluding carboxylic acids is 1. The third-order valence-corrected chi connectivity index (χ3v) is 6.31. The van der Waals surface area contributed by atoms with Gasteiger partial charge < -0.3 is 10.1 Å². The molecule has 8 heteroatoms. The second-order valence-corrected chi connectivity index (χ2v) is 8.38. The van der Waals surface area contributed by atoms with Gasteiger partial charge in [-0.1, -0.05) is 25.1 Å². The summed E-state index contributed by atoms with van der Waals surface area (Å²) in [6, 6.07) is 13.6. The summed E-state index contributed by atoms with van der Waals surface area (Å²) >= 11 is 0. The third kappa shape index (κ3) is 4.72. The normalized spacial score (nSPS) is 11.6. The summed E-state index contributed by atoms with van der Waals surface area (Å²) in [6.07, 6.45) is 3.76. The minimum atomic E-state index is -3.87. The molecule has 152 valence electrons. The molecule has 2 aromatic carbocycles. The van der Waals surface area contributed by atoms with Crippen LogP contribution >= 0.6 is 0 Å². The molecule has 1 amide bonds. The highest BCUT2D eigenvalue weighted by atomic mass is 32.2. The van der Waals surface area contributed by atoms with E-state index in [1.165, 1.54) is 11.4 Å². The van der Waals surface area contributed by atoms with Crippen molar-refractivity contribution in [2.45, 2.75) is 18.2 Å². The number of pyridine rings is 1. The van der Waals surface area contributed by atoms with E-state index in [1.807, 2.05) is 6.92 Å². The predicted molar refractivity (Wildman–Crippen MR) is 112 cm³/mol. The van der Waals surface area contributed by atoms with E-state index in [4.69, 9.17) is 4.74 Å². The van der Waals surface area contributed by atoms with Crippen molar-refractivity contribution in [3.63, 3.8) is 0 Å². The number of amides is 1. The highest BCUT2D eigenvalue weighted by molar-refractivity contribution is 7.89. The molecule has 1 aromatic heterocycles. The lowest BCUT2D eigenvalue weighted by atomic mass is 10.2. The van der Waals surface area contributed by atoms with E-state index >= 15 is 0 Å². The van der Waals surface area contributed by atoms with Gasteiger partial charge in [0, 0.05) is 41.5 Å². The highest BCUT2D eigenvalue weighted by Gasteiger charge is 2.27. The molecule has 0 spiro atoms. The zero-order valence-electron chi connectivity index (χ0n) is 16.3. The molecule has 0 aliphatic carbocycles. The maximum Gasteiger partial charge on any atom is 0.244 e. The average molecular weight is 413 g/mol. The first-order valence-corrected chi connectivity index (χ1v) is 10.7. The molecule has 0 fully saturated rings. The number of fused-ring (bicyclic) bond motifs is 1. The maximum atomic E-state index is 13.3. The van der Waals surface area contributed by atoms with Crippen molar-refractivity contribution in [1.82, 2.24) is 9.29 Å². The van der Waals surface area contributed by atoms with Crippen LogP contribution in [0.25, 0.3) is 10.8 Å². The zero-order chi connectivity index (χ0) is 20.9. The van der Waals surface area contributed by atoms with Gasteiger partial charge in [0.2, 0.25) is 15.9 Å². The van der Waals surface area contributed by atoms with Crippen molar-refractivity contribution in [2.75, 3.05) is 25.5 Å². The Hall–Kier alpha value is -2.97. The maximum absolute atomic E-state index is 13.3. The van der Waals surface area contributed by atoms with Crippen molar-refractivity contribution in [1.29, 1.82) is 0 Å². The smallest absolute Gasteiger partial charge is 0.244 e. The van der Waals surface area contributed by atoms with Crippen molar-refractivity contribution in [3.05, 3.63) is 60.9 Å². The fraction of sp³-hybridized carbons (Fsp3) is 0.238. The number of benzene rings is 2. The Morgan fingerprint density at radius 3 is 2.72 bits per heavy atom. The molecule has 0 bridgehead atoms. The predicted octanol–water partition coefficient (Wildman–Crippen LogP) is 3.28. The molecule has 29 heavy (non-hydrogen) atoms. The first kappa shape index (κ1) is 20.8. The fourth-order valence-electron chi connectivity index (χ4n) is 3.05. The van der Waals surface area contributed by atoms with Gasteiger partial charge in [-0.05, 0) is 30.7 Å². The molecule has 0 aliphatic rings. The Kier molecular flexibility index (Phi) is 6.46. The average Bonchev–Trinajstić information content (AvgIpc) is 2.73. The number of nitrogens with zero attached hydrogens (tertiary/aromatic N) is 2. The lowest BCUT2D eigenvalue weighted by Crippen LogP contribution is -2.38. The highest BCUT2D eigenvalue weighted by Crippen LogP contribution is 2.25. The molecule has 3 rings (SSSR count). The number of sulfonamides is 1. The zero-order valence-corrected chi connectivity index (χ0v) is 17.1. The van der Waals surface area contributed by atoms with Crippen LogP contribution in [0.5, 0.6) is 5.75 Å². The standard InChI is InChI=1S/C21H23N3O4S/c1-3-12-24(15-21(25)23-17-7-5-8-18(13-17)28-2)29(26,27)20-9-4-6-16-14-22-11-10-19(16)20/h4-11,13-14H,3,12,15H2,1-2H3,(H,23,25). The van der Waals surface area contributed by atoms with Crippen LogP contribution in [0.4, 0.5) is 5.69 Å². The molecule has 0 atom stereocenters. The molecule has 0 radical (unpaired) electrons. The number of ether oxygens (including phenoxy) is 1. The minimum absolute atomic E-state index is 0.167. The van der Waals surface area contributed by atoms with Crippen molar-refractivity contribution in [3.8, 4) is 5.75 Å². The van der Waals surface area contributed by atoms with Crippen molar-refractivity contribution < 1.29 is 17.9 Å². The summed E-state index contributed by atoms with van der Waals surface area (Å²) in [4.78, 5) is 16.8.